The van der Waals surface area contributed by atoms with Crippen LogP contribution in [0.2, 0.25) is 0 Å². The molecule has 3 rings (SSSR count). The highest BCUT2D eigenvalue weighted by molar-refractivity contribution is 5.92. The van der Waals surface area contributed by atoms with Crippen molar-refractivity contribution >= 4 is 11.6 Å². The molecule has 1 N–H and O–H groups in total. The Morgan fingerprint density at radius 2 is 2.08 bits per heavy atom. The molecule has 0 unspecified atom stereocenters. The highest BCUT2D eigenvalue weighted by atomic mass is 19.3. The van der Waals surface area contributed by atoms with Crippen molar-refractivity contribution in [2.75, 3.05) is 18.4 Å². The van der Waals surface area contributed by atoms with E-state index in [9.17, 15) is 13.6 Å². The summed E-state index contributed by atoms with van der Waals surface area (Å²) in [5.74, 6) is -0.0556. The second kappa shape index (κ2) is 7.65. The number of ether oxygens (including phenoxy) is 1. The summed E-state index contributed by atoms with van der Waals surface area (Å²) in [6, 6.07) is 10.3. The molecule has 2 aromatic rings. The van der Waals surface area contributed by atoms with Crippen molar-refractivity contribution in [3.8, 4) is 5.75 Å². The molecule has 134 valence electrons. The van der Waals surface area contributed by atoms with Gasteiger partial charge < -0.3 is 14.6 Å². The van der Waals surface area contributed by atoms with E-state index in [2.05, 4.69) is 25.6 Å². The zero-order chi connectivity index (χ0) is 17.8. The SMILES string of the molecule is Cn1cccc1[C@H]1CCCN1CC(=O)Nc1ccc(OC(F)F)cc1. The van der Waals surface area contributed by atoms with Gasteiger partial charge in [0.25, 0.3) is 0 Å². The average Bonchev–Trinajstić information content (AvgIpc) is 3.17. The highest BCUT2D eigenvalue weighted by Crippen LogP contribution is 2.31. The molecule has 1 atom stereocenters. The zero-order valence-corrected chi connectivity index (χ0v) is 14.0. The lowest BCUT2D eigenvalue weighted by molar-refractivity contribution is -0.117. The maximum atomic E-state index is 12.3. The van der Waals surface area contributed by atoms with E-state index in [-0.39, 0.29) is 17.7 Å². The second-order valence-corrected chi connectivity index (χ2v) is 6.12. The molecule has 5 nitrogen and oxygen atoms in total. The van der Waals surface area contributed by atoms with Crippen LogP contribution in [0.15, 0.2) is 42.6 Å². The number of alkyl halides is 2. The summed E-state index contributed by atoms with van der Waals surface area (Å²) >= 11 is 0. The number of anilines is 1. The molecule has 1 amide bonds. The van der Waals surface area contributed by atoms with Crippen LogP contribution in [0.25, 0.3) is 0 Å². The number of nitrogens with zero attached hydrogens (tertiary/aromatic N) is 2. The van der Waals surface area contributed by atoms with E-state index < -0.39 is 6.61 Å². The third kappa shape index (κ3) is 4.36. The van der Waals surface area contributed by atoms with E-state index in [1.165, 1.54) is 17.8 Å². The van der Waals surface area contributed by atoms with E-state index >= 15 is 0 Å². The largest absolute Gasteiger partial charge is 0.435 e. The minimum atomic E-state index is -2.86. The zero-order valence-electron chi connectivity index (χ0n) is 14.0. The number of likely N-dealkylation sites (tertiary alicyclic amines) is 1. The van der Waals surface area contributed by atoms with Gasteiger partial charge in [-0.05, 0) is 55.8 Å². The minimum absolute atomic E-state index is 0.0660. The fraction of sp³-hybridized carbons (Fsp3) is 0.389. The molecule has 0 saturated carbocycles. The molecule has 1 aliphatic heterocycles. The number of rotatable bonds is 6. The van der Waals surface area contributed by atoms with E-state index in [0.717, 1.165) is 19.4 Å². The quantitative estimate of drug-likeness (QED) is 0.869. The highest BCUT2D eigenvalue weighted by Gasteiger charge is 2.28. The van der Waals surface area contributed by atoms with Crippen LogP contribution < -0.4 is 10.1 Å². The average molecular weight is 349 g/mol. The van der Waals surface area contributed by atoms with Gasteiger partial charge in [-0.3, -0.25) is 9.69 Å². The van der Waals surface area contributed by atoms with Crippen LogP contribution in [-0.2, 0) is 11.8 Å². The van der Waals surface area contributed by atoms with Crippen molar-refractivity contribution in [3.63, 3.8) is 0 Å². The minimum Gasteiger partial charge on any atom is -0.435 e. The van der Waals surface area contributed by atoms with E-state index in [1.54, 1.807) is 12.1 Å². The van der Waals surface area contributed by atoms with Gasteiger partial charge in [0.2, 0.25) is 5.91 Å². The van der Waals surface area contributed by atoms with E-state index in [1.807, 2.05) is 19.3 Å². The van der Waals surface area contributed by atoms with Gasteiger partial charge in [0, 0.05) is 24.6 Å². The molecule has 25 heavy (non-hydrogen) atoms. The molecule has 0 aliphatic carbocycles. The van der Waals surface area contributed by atoms with Crippen LogP contribution in [0.1, 0.15) is 24.6 Å². The summed E-state index contributed by atoms with van der Waals surface area (Å²) in [7, 11) is 2.01. The van der Waals surface area contributed by atoms with E-state index in [4.69, 9.17) is 0 Å². The first-order valence-corrected chi connectivity index (χ1v) is 8.23. The lowest BCUT2D eigenvalue weighted by Gasteiger charge is -2.24. The normalized spacial score (nSPS) is 17.8. The van der Waals surface area contributed by atoms with Gasteiger partial charge in [-0.25, -0.2) is 0 Å². The number of hydrogen-bond donors (Lipinski definition) is 1. The number of nitrogens with one attached hydrogen (secondary N) is 1. The summed E-state index contributed by atoms with van der Waals surface area (Å²) in [4.78, 5) is 14.5. The Morgan fingerprint density at radius 3 is 2.72 bits per heavy atom. The van der Waals surface area contributed by atoms with Gasteiger partial charge in [-0.2, -0.15) is 8.78 Å². The number of benzene rings is 1. The number of amides is 1. The van der Waals surface area contributed by atoms with Crippen molar-refractivity contribution in [3.05, 3.63) is 48.3 Å². The Balaban J connectivity index is 1.57. The van der Waals surface area contributed by atoms with Crippen LogP contribution in [0.5, 0.6) is 5.75 Å². The van der Waals surface area contributed by atoms with Crippen molar-refractivity contribution in [2.45, 2.75) is 25.5 Å². The van der Waals surface area contributed by atoms with Crippen LogP contribution in [0.4, 0.5) is 14.5 Å². The molecule has 1 aliphatic rings. The number of hydrogen-bond acceptors (Lipinski definition) is 3. The predicted molar refractivity (Wildman–Crippen MR) is 90.7 cm³/mol. The van der Waals surface area contributed by atoms with Gasteiger partial charge in [-0.1, -0.05) is 0 Å². The topological polar surface area (TPSA) is 46.5 Å². The van der Waals surface area contributed by atoms with Gasteiger partial charge >= 0.3 is 6.61 Å². The van der Waals surface area contributed by atoms with Gasteiger partial charge in [-0.15, -0.1) is 0 Å². The maximum Gasteiger partial charge on any atom is 0.387 e. The molecular formula is C18H21F2N3O2. The van der Waals surface area contributed by atoms with Crippen LogP contribution in [0.3, 0.4) is 0 Å². The lowest BCUT2D eigenvalue weighted by Crippen LogP contribution is -2.33. The Kier molecular flexibility index (Phi) is 5.33. The fourth-order valence-electron chi connectivity index (χ4n) is 3.28. The lowest BCUT2D eigenvalue weighted by atomic mass is 10.1. The first-order valence-electron chi connectivity index (χ1n) is 8.23. The third-order valence-corrected chi connectivity index (χ3v) is 4.40. The standard InChI is InChI=1S/C18H21F2N3O2/c1-22-10-2-4-15(22)16-5-3-11-23(16)12-17(24)21-13-6-8-14(9-7-13)25-18(19)20/h2,4,6-10,16,18H,3,5,11-12H2,1H3,(H,21,24)/t16-/m1/s1. The number of aromatic nitrogens is 1. The Hall–Kier alpha value is -2.41. The number of carbonyl (C=O) groups is 1. The molecule has 0 spiro atoms. The van der Waals surface area contributed by atoms with E-state index in [0.29, 0.717) is 12.2 Å². The molecule has 1 aromatic carbocycles. The summed E-state index contributed by atoms with van der Waals surface area (Å²) in [5.41, 5.74) is 1.76. The van der Waals surface area contributed by atoms with Gasteiger partial charge in [0.05, 0.1) is 12.6 Å². The fourth-order valence-corrected chi connectivity index (χ4v) is 3.28. The van der Waals surface area contributed by atoms with Crippen molar-refractivity contribution < 1.29 is 18.3 Å². The van der Waals surface area contributed by atoms with Gasteiger partial charge in [0.1, 0.15) is 5.75 Å². The smallest absolute Gasteiger partial charge is 0.387 e. The molecule has 2 heterocycles. The maximum absolute atomic E-state index is 12.3. The monoisotopic (exact) mass is 349 g/mol. The molecular weight excluding hydrogens is 328 g/mol. The molecule has 1 aromatic heterocycles. The van der Waals surface area contributed by atoms with Crippen molar-refractivity contribution in [1.29, 1.82) is 0 Å². The molecule has 1 fully saturated rings. The predicted octanol–water partition coefficient (Wildman–Crippen LogP) is 3.40. The summed E-state index contributed by atoms with van der Waals surface area (Å²) < 4.78 is 30.7. The van der Waals surface area contributed by atoms with Crippen LogP contribution in [-0.4, -0.2) is 35.1 Å². The Bertz CT molecular complexity index is 715. The number of carbonyl (C=O) groups excluding carboxylic acids is 1. The molecule has 0 radical (unpaired) electrons. The Labute approximate surface area is 145 Å². The van der Waals surface area contributed by atoms with Crippen molar-refractivity contribution in [2.24, 2.45) is 7.05 Å². The summed E-state index contributed by atoms with van der Waals surface area (Å²) in [5, 5.41) is 2.80. The molecule has 0 bridgehead atoms. The first-order chi connectivity index (χ1) is 12.0. The van der Waals surface area contributed by atoms with Crippen LogP contribution >= 0.6 is 0 Å². The van der Waals surface area contributed by atoms with Crippen LogP contribution in [0, 0.1) is 0 Å². The molecule has 7 heteroatoms. The Morgan fingerprint density at radius 1 is 1.32 bits per heavy atom. The number of aryl methyl sites for hydroxylation is 1. The first kappa shape index (κ1) is 17.4. The number of halogens is 2. The van der Waals surface area contributed by atoms with Gasteiger partial charge in [0.15, 0.2) is 0 Å². The third-order valence-electron chi connectivity index (χ3n) is 4.40. The molecule has 1 saturated heterocycles. The summed E-state index contributed by atoms with van der Waals surface area (Å²) in [6.45, 7) is -1.68. The second-order valence-electron chi connectivity index (χ2n) is 6.12. The summed E-state index contributed by atoms with van der Waals surface area (Å²) in [6.07, 6.45) is 4.10. The van der Waals surface area contributed by atoms with Crippen molar-refractivity contribution in [1.82, 2.24) is 9.47 Å².